The van der Waals surface area contributed by atoms with Crippen LogP contribution in [-0.4, -0.2) is 11.5 Å². The second-order valence-electron chi connectivity index (χ2n) is 7.42. The molecule has 0 unspecified atom stereocenters. The minimum Gasteiger partial charge on any atom is -0.725 e. The zero-order valence-corrected chi connectivity index (χ0v) is 21.3. The number of furan rings is 1. The summed E-state index contributed by atoms with van der Waals surface area (Å²) in [5, 5.41) is 6.06. The van der Waals surface area contributed by atoms with Crippen molar-refractivity contribution in [3.8, 4) is 0 Å². The monoisotopic (exact) mass is 651 g/mol. The van der Waals surface area contributed by atoms with Crippen molar-refractivity contribution in [2.45, 2.75) is 27.0 Å². The molecule has 35 heavy (non-hydrogen) atoms. The van der Waals surface area contributed by atoms with Crippen LogP contribution in [0.2, 0.25) is 0 Å². The van der Waals surface area contributed by atoms with Crippen LogP contribution < -0.4 is 0 Å². The number of fused-ring (bicyclic) bond motifs is 3. The van der Waals surface area contributed by atoms with Crippen molar-refractivity contribution in [2.75, 3.05) is 6.54 Å². The van der Waals surface area contributed by atoms with Crippen molar-refractivity contribution in [1.82, 2.24) is 4.98 Å². The average molecular weight is 651 g/mol. The molecule has 0 atom stereocenters. The Balaban J connectivity index is 0.000000322. The maximum absolute atomic E-state index is 7.56. The van der Waals surface area contributed by atoms with Crippen LogP contribution in [0.25, 0.3) is 38.5 Å². The van der Waals surface area contributed by atoms with E-state index in [1.54, 1.807) is 24.6 Å². The van der Waals surface area contributed by atoms with E-state index in [1.165, 1.54) is 12.3 Å². The predicted octanol–water partition coefficient (Wildman–Crippen LogP) is 8.88. The first-order chi connectivity index (χ1) is 21.0. The Morgan fingerprint density at radius 1 is 1.11 bits per heavy atom. The van der Waals surface area contributed by atoms with E-state index < -0.39 is 20.6 Å². The molecule has 0 saturated carbocycles. The van der Waals surface area contributed by atoms with E-state index in [-0.39, 0.29) is 55.5 Å². The van der Waals surface area contributed by atoms with Crippen molar-refractivity contribution >= 4 is 33.2 Å². The molecule has 0 aliphatic rings. The number of aromatic nitrogens is 1. The van der Waals surface area contributed by atoms with E-state index in [0.29, 0.717) is 22.4 Å². The summed E-state index contributed by atoms with van der Waals surface area (Å²) in [7, 11) is 0. The Kier molecular flexibility index (Phi) is 5.78. The zero-order chi connectivity index (χ0) is 33.6. The predicted molar refractivity (Wildman–Crippen MR) is 146 cm³/mol. The van der Waals surface area contributed by atoms with Gasteiger partial charge in [-0.2, -0.15) is 30.7 Å². The molecule has 0 spiro atoms. The van der Waals surface area contributed by atoms with E-state index in [2.05, 4.69) is 29.5 Å². The van der Waals surface area contributed by atoms with Gasteiger partial charge in [0.1, 0.15) is 5.58 Å². The summed E-state index contributed by atoms with van der Waals surface area (Å²) in [6.07, 6.45) is 3.07. The fraction of sp³-hybridized carbons (Fsp3) is 0.161. The molecular weight excluding hydrogens is 609 g/mol. The van der Waals surface area contributed by atoms with Crippen molar-refractivity contribution in [3.05, 3.63) is 127 Å². The second-order valence-corrected chi connectivity index (χ2v) is 7.42. The molecule has 0 N–H and O–H groups in total. The third kappa shape index (κ3) is 7.85. The smallest absolute Gasteiger partial charge is 0.725 e. The Hall–Kier alpha value is -3.33. The van der Waals surface area contributed by atoms with Gasteiger partial charge in [0.25, 0.3) is 0 Å². The summed E-state index contributed by atoms with van der Waals surface area (Å²) < 4.78 is 86.0. The van der Waals surface area contributed by atoms with Gasteiger partial charge in [-0.25, -0.2) is 5.70 Å². The van der Waals surface area contributed by atoms with Gasteiger partial charge in [0.15, 0.2) is 0 Å². The van der Waals surface area contributed by atoms with Crippen molar-refractivity contribution in [2.24, 2.45) is 0 Å². The van der Waals surface area contributed by atoms with Gasteiger partial charge < -0.3 is 14.7 Å². The third-order valence-corrected chi connectivity index (χ3v) is 4.69. The molecule has 0 saturated heterocycles. The first-order valence-corrected chi connectivity index (χ1v) is 10.3. The van der Waals surface area contributed by atoms with E-state index in [4.69, 9.17) is 19.5 Å². The molecule has 0 aliphatic carbocycles. The summed E-state index contributed by atoms with van der Waals surface area (Å²) in [6, 6.07) is 17.3. The number of benzene rings is 2. The summed E-state index contributed by atoms with van der Waals surface area (Å²) in [6.45, 7) is 2.22. The molecule has 0 bridgehead atoms. The van der Waals surface area contributed by atoms with Gasteiger partial charge >= 0.3 is 20.1 Å². The number of hydrogen-bond acceptors (Lipinski definition) is 2. The normalized spacial score (nSPS) is 17.0. The number of pyridine rings is 1. The standard InChI is InChI=1S/C18H15NO.C13H16N.Ir/c1-12(2)11-19-13(3)14-8-9-16-15-6-4-5-7-17(15)20-18(16)10-14;1-10(2)5-7-12(4)13-8-6-11(3)9-14-13;/h4-7,9-10H,1,3,11H2,2H3;6-9H,1,4-5H2,2-3H3;/q-2;-1;+3/i1D,2D3,3D;2D3,3D3;. The SMILES string of the molecule is [2H]C([2H])([2H])C(=C)C[CH-]C(=C)c1ccc(C([2H])([2H])[2H])cn1.[2H]C=C([N-]CC(=C[2H])C([2H])([2H])[2H])c1[c-]cc2c(c1)oc1ccccc12.[Ir+3]. The van der Waals surface area contributed by atoms with Crippen LogP contribution in [0.1, 0.15) is 52.0 Å². The number of rotatable bonds is 8. The Bertz CT molecular complexity index is 1720. The first-order valence-electron chi connectivity index (χ1n) is 16.0. The summed E-state index contributed by atoms with van der Waals surface area (Å²) in [4.78, 5) is 4.02. The molecule has 4 heteroatoms. The number of para-hydroxylation sites is 1. The van der Waals surface area contributed by atoms with Gasteiger partial charge in [0, 0.05) is 19.9 Å². The molecule has 2 aromatic heterocycles. The molecule has 4 aromatic rings. The van der Waals surface area contributed by atoms with Gasteiger partial charge in [-0.3, -0.25) is 0 Å². The molecule has 0 fully saturated rings. The van der Waals surface area contributed by atoms with Crippen LogP contribution in [0.5, 0.6) is 0 Å². The van der Waals surface area contributed by atoms with Crippen LogP contribution in [-0.2, 0) is 20.1 Å². The zero-order valence-electron chi connectivity index (χ0n) is 29.9. The topological polar surface area (TPSA) is 40.1 Å². The number of nitrogens with zero attached hydrogens (tertiary/aromatic N) is 2. The van der Waals surface area contributed by atoms with Crippen molar-refractivity contribution in [1.29, 1.82) is 0 Å². The van der Waals surface area contributed by atoms with Gasteiger partial charge in [-0.05, 0) is 43.3 Å². The van der Waals surface area contributed by atoms with Gasteiger partial charge in [0.05, 0.1) is 6.95 Å². The van der Waals surface area contributed by atoms with Crippen molar-refractivity contribution < 1.29 is 39.6 Å². The van der Waals surface area contributed by atoms with Crippen LogP contribution in [0.15, 0.2) is 96.6 Å². The van der Waals surface area contributed by atoms with Gasteiger partial charge in [0.2, 0.25) is 0 Å². The average Bonchev–Trinajstić information content (AvgIpc) is 3.34. The molecule has 0 radical (unpaired) electrons. The van der Waals surface area contributed by atoms with Crippen LogP contribution in [0.4, 0.5) is 0 Å². The van der Waals surface area contributed by atoms with E-state index in [0.717, 1.165) is 29.5 Å². The minimum absolute atomic E-state index is 0. The largest absolute Gasteiger partial charge is 3.00 e. The minimum atomic E-state index is -2.37. The summed E-state index contributed by atoms with van der Waals surface area (Å²) in [5.74, 6) is 0. The Labute approximate surface area is 238 Å². The Morgan fingerprint density at radius 3 is 2.69 bits per heavy atom. The summed E-state index contributed by atoms with van der Waals surface area (Å²) >= 11 is 0. The molecule has 0 aliphatic heterocycles. The number of allylic oxidation sites excluding steroid dienone is 2. The molecule has 4 rings (SSSR count). The maximum atomic E-state index is 7.56. The number of hydrogen-bond donors (Lipinski definition) is 0. The molecule has 0 amide bonds. The van der Waals surface area contributed by atoms with Gasteiger partial charge in [-0.15, -0.1) is 37.9 Å². The third-order valence-electron chi connectivity index (χ3n) is 4.69. The van der Waals surface area contributed by atoms with Crippen LogP contribution in [0.3, 0.4) is 0 Å². The molecular formula is C31H31IrN2O. The first kappa shape index (κ1) is 15.6. The molecule has 180 valence electrons. The quantitative estimate of drug-likeness (QED) is 0.141. The van der Waals surface area contributed by atoms with Gasteiger partial charge in [-0.1, -0.05) is 53.3 Å². The fourth-order valence-corrected chi connectivity index (χ4v) is 3.00. The second kappa shape index (κ2) is 12.9. The van der Waals surface area contributed by atoms with Crippen LogP contribution >= 0.6 is 0 Å². The Morgan fingerprint density at radius 2 is 1.97 bits per heavy atom. The van der Waals surface area contributed by atoms with E-state index >= 15 is 0 Å². The molecule has 2 heterocycles. The summed E-state index contributed by atoms with van der Waals surface area (Å²) in [5.41, 5.74) is 3.47. The molecule has 2 aromatic carbocycles. The van der Waals surface area contributed by atoms with Crippen molar-refractivity contribution in [3.63, 3.8) is 0 Å². The van der Waals surface area contributed by atoms with Crippen LogP contribution in [0, 0.1) is 19.3 Å². The van der Waals surface area contributed by atoms with E-state index in [1.807, 2.05) is 24.3 Å². The van der Waals surface area contributed by atoms with E-state index in [9.17, 15) is 0 Å². The fourth-order valence-electron chi connectivity index (χ4n) is 3.00. The number of aryl methyl sites for hydroxylation is 1. The molecule has 3 nitrogen and oxygen atoms in total. The maximum Gasteiger partial charge on any atom is 3.00 e.